The minimum atomic E-state index is -1.06. The highest BCUT2D eigenvalue weighted by Crippen LogP contribution is 2.30. The van der Waals surface area contributed by atoms with Gasteiger partial charge in [0.05, 0.1) is 12.7 Å². The van der Waals surface area contributed by atoms with Crippen molar-refractivity contribution in [3.63, 3.8) is 0 Å². The van der Waals surface area contributed by atoms with Gasteiger partial charge in [-0.15, -0.1) is 0 Å². The zero-order valence-corrected chi connectivity index (χ0v) is 15.7. The van der Waals surface area contributed by atoms with Crippen LogP contribution in [0.15, 0.2) is 54.7 Å². The maximum atomic E-state index is 12.6. The predicted octanol–water partition coefficient (Wildman–Crippen LogP) is 2.36. The van der Waals surface area contributed by atoms with Crippen LogP contribution < -0.4 is 14.8 Å². The van der Waals surface area contributed by atoms with Crippen molar-refractivity contribution < 1.29 is 24.2 Å². The molecule has 0 aliphatic carbocycles. The van der Waals surface area contributed by atoms with Gasteiger partial charge in [0.2, 0.25) is 0 Å². The third-order valence-electron chi connectivity index (χ3n) is 4.65. The van der Waals surface area contributed by atoms with Crippen molar-refractivity contribution in [2.24, 2.45) is 7.05 Å². The summed E-state index contributed by atoms with van der Waals surface area (Å²) in [6.07, 6.45) is 1.01. The summed E-state index contributed by atoms with van der Waals surface area (Å²) in [5, 5.41) is 12.0. The van der Waals surface area contributed by atoms with Crippen LogP contribution in [0, 0.1) is 0 Å². The summed E-state index contributed by atoms with van der Waals surface area (Å²) in [5.41, 5.74) is 1.17. The van der Waals surface area contributed by atoms with Crippen molar-refractivity contribution in [1.82, 2.24) is 14.9 Å². The number of fused-ring (bicyclic) bond motifs is 1. The summed E-state index contributed by atoms with van der Waals surface area (Å²) in [6.45, 7) is 0.644. The maximum absolute atomic E-state index is 12.6. The number of carbonyl (C=O) groups is 2. The van der Waals surface area contributed by atoms with E-state index in [1.54, 1.807) is 31.3 Å². The molecule has 3 aromatic rings. The average molecular weight is 393 g/mol. The van der Waals surface area contributed by atoms with Crippen molar-refractivity contribution in [2.75, 3.05) is 13.2 Å². The summed E-state index contributed by atoms with van der Waals surface area (Å²) in [5.74, 6) is 0.499. The van der Waals surface area contributed by atoms with Crippen molar-refractivity contribution in [3.05, 3.63) is 66.0 Å². The molecule has 1 atom stereocenters. The molecule has 1 amide bonds. The first-order valence-electron chi connectivity index (χ1n) is 9.05. The number of nitrogens with zero attached hydrogens (tertiary/aromatic N) is 2. The van der Waals surface area contributed by atoms with Gasteiger partial charge < -0.3 is 24.5 Å². The molecule has 1 aliphatic rings. The van der Waals surface area contributed by atoms with Gasteiger partial charge in [-0.1, -0.05) is 24.3 Å². The number of carboxylic acids is 1. The van der Waals surface area contributed by atoms with Gasteiger partial charge in [-0.2, -0.15) is 0 Å². The Balaban J connectivity index is 1.44. The molecule has 1 unspecified atom stereocenters. The third kappa shape index (κ3) is 3.77. The highest BCUT2D eigenvalue weighted by Gasteiger charge is 2.21. The molecule has 1 aliphatic heterocycles. The molecule has 1 aromatic heterocycles. The van der Waals surface area contributed by atoms with Crippen molar-refractivity contribution in [3.8, 4) is 22.9 Å². The first-order valence-corrected chi connectivity index (χ1v) is 9.05. The van der Waals surface area contributed by atoms with Gasteiger partial charge in [0, 0.05) is 18.2 Å². The molecule has 4 rings (SSSR count). The molecular formula is C21H19N3O5. The molecule has 0 fully saturated rings. The van der Waals surface area contributed by atoms with E-state index in [1.165, 1.54) is 10.8 Å². The molecule has 29 heavy (non-hydrogen) atoms. The number of ether oxygens (including phenoxy) is 2. The Kier molecular flexibility index (Phi) is 4.90. The second-order valence-corrected chi connectivity index (χ2v) is 6.62. The van der Waals surface area contributed by atoms with E-state index in [0.717, 1.165) is 0 Å². The van der Waals surface area contributed by atoms with Gasteiger partial charge in [0.15, 0.2) is 11.5 Å². The Morgan fingerprint density at radius 3 is 2.76 bits per heavy atom. The molecule has 148 valence electrons. The Morgan fingerprint density at radius 2 is 2.00 bits per heavy atom. The zero-order valence-electron chi connectivity index (χ0n) is 15.7. The number of nitrogens with one attached hydrogen (secondary N) is 1. The second-order valence-electron chi connectivity index (χ2n) is 6.62. The number of aromatic carboxylic acids is 1. The van der Waals surface area contributed by atoms with E-state index < -0.39 is 5.97 Å². The SMILES string of the molecule is Cn1c(C(=O)O)cnc1-c1cccc(C(=O)NCC2COc3ccccc3O2)c1. The molecule has 2 aromatic carbocycles. The fourth-order valence-corrected chi connectivity index (χ4v) is 3.15. The number of carboxylic acid groups (broad SMARTS) is 1. The van der Waals surface area contributed by atoms with Crippen LogP contribution in [-0.2, 0) is 7.05 Å². The first-order chi connectivity index (χ1) is 14.0. The van der Waals surface area contributed by atoms with Crippen LogP contribution in [-0.4, -0.2) is 45.8 Å². The molecule has 8 heteroatoms. The standard InChI is InChI=1S/C21H19N3O5/c1-24-16(21(26)27)11-22-19(24)13-5-4-6-14(9-13)20(25)23-10-15-12-28-17-7-2-3-8-18(17)29-15/h2-9,11,15H,10,12H2,1H3,(H,23,25)(H,26,27). The average Bonchev–Trinajstić information content (AvgIpc) is 3.13. The third-order valence-corrected chi connectivity index (χ3v) is 4.65. The first kappa shape index (κ1) is 18.5. The van der Waals surface area contributed by atoms with E-state index in [2.05, 4.69) is 10.3 Å². The summed E-state index contributed by atoms with van der Waals surface area (Å²) in [7, 11) is 1.62. The minimum Gasteiger partial charge on any atom is -0.486 e. The number of benzene rings is 2. The van der Waals surface area contributed by atoms with Crippen LogP contribution in [0.1, 0.15) is 20.8 Å². The van der Waals surface area contributed by atoms with Gasteiger partial charge in [-0.3, -0.25) is 4.79 Å². The Labute approximate surface area is 166 Å². The maximum Gasteiger partial charge on any atom is 0.354 e. The summed E-state index contributed by atoms with van der Waals surface area (Å²) < 4.78 is 13.0. The van der Waals surface area contributed by atoms with E-state index in [0.29, 0.717) is 41.6 Å². The van der Waals surface area contributed by atoms with Crippen LogP contribution in [0.3, 0.4) is 0 Å². The smallest absolute Gasteiger partial charge is 0.354 e. The predicted molar refractivity (Wildman–Crippen MR) is 104 cm³/mol. The van der Waals surface area contributed by atoms with Crippen LogP contribution in [0.5, 0.6) is 11.5 Å². The number of hydrogen-bond acceptors (Lipinski definition) is 5. The molecular weight excluding hydrogens is 374 g/mol. The van der Waals surface area contributed by atoms with Gasteiger partial charge in [-0.25, -0.2) is 9.78 Å². The lowest BCUT2D eigenvalue weighted by Crippen LogP contribution is -2.40. The Morgan fingerprint density at radius 1 is 1.21 bits per heavy atom. The molecule has 0 radical (unpaired) electrons. The second kappa shape index (κ2) is 7.67. The van der Waals surface area contributed by atoms with Crippen LogP contribution in [0.2, 0.25) is 0 Å². The van der Waals surface area contributed by atoms with Gasteiger partial charge in [-0.05, 0) is 24.3 Å². The fourth-order valence-electron chi connectivity index (χ4n) is 3.15. The summed E-state index contributed by atoms with van der Waals surface area (Å²) in [4.78, 5) is 28.0. The minimum absolute atomic E-state index is 0.0737. The quantitative estimate of drug-likeness (QED) is 0.690. The summed E-state index contributed by atoms with van der Waals surface area (Å²) in [6, 6.07) is 14.3. The Hall–Kier alpha value is -3.81. The highest BCUT2D eigenvalue weighted by atomic mass is 16.6. The van der Waals surface area contributed by atoms with Crippen LogP contribution in [0.4, 0.5) is 0 Å². The van der Waals surface area contributed by atoms with Gasteiger partial charge >= 0.3 is 5.97 Å². The number of aromatic nitrogens is 2. The van der Waals surface area contributed by atoms with Crippen LogP contribution >= 0.6 is 0 Å². The number of amides is 1. The van der Waals surface area contributed by atoms with Crippen molar-refractivity contribution in [2.45, 2.75) is 6.10 Å². The molecule has 0 saturated heterocycles. The lowest BCUT2D eigenvalue weighted by Gasteiger charge is -2.26. The molecule has 2 N–H and O–H groups in total. The molecule has 8 nitrogen and oxygen atoms in total. The largest absolute Gasteiger partial charge is 0.486 e. The van der Waals surface area contributed by atoms with Gasteiger partial charge in [0.1, 0.15) is 24.2 Å². The molecule has 0 bridgehead atoms. The number of para-hydroxylation sites is 2. The normalized spacial score (nSPS) is 15.0. The zero-order chi connectivity index (χ0) is 20.4. The fraction of sp³-hybridized carbons (Fsp3) is 0.190. The van der Waals surface area contributed by atoms with Gasteiger partial charge in [0.25, 0.3) is 5.91 Å². The van der Waals surface area contributed by atoms with Crippen molar-refractivity contribution >= 4 is 11.9 Å². The monoisotopic (exact) mass is 393 g/mol. The van der Waals surface area contributed by atoms with E-state index in [-0.39, 0.29) is 17.7 Å². The van der Waals surface area contributed by atoms with Crippen LogP contribution in [0.25, 0.3) is 11.4 Å². The number of rotatable bonds is 5. The topological polar surface area (TPSA) is 103 Å². The van der Waals surface area contributed by atoms with Crippen molar-refractivity contribution in [1.29, 1.82) is 0 Å². The molecule has 2 heterocycles. The molecule has 0 saturated carbocycles. The van der Waals surface area contributed by atoms with E-state index in [1.807, 2.05) is 24.3 Å². The van der Waals surface area contributed by atoms with E-state index in [4.69, 9.17) is 9.47 Å². The number of hydrogen-bond donors (Lipinski definition) is 2. The summed E-state index contributed by atoms with van der Waals surface area (Å²) >= 11 is 0. The lowest BCUT2D eigenvalue weighted by molar-refractivity contribution is 0.0686. The lowest BCUT2D eigenvalue weighted by atomic mass is 10.1. The molecule has 0 spiro atoms. The number of carbonyl (C=O) groups excluding carboxylic acids is 1. The van der Waals surface area contributed by atoms with E-state index >= 15 is 0 Å². The van der Waals surface area contributed by atoms with E-state index in [9.17, 15) is 14.7 Å². The Bertz CT molecular complexity index is 1080. The number of imidazole rings is 1. The highest BCUT2D eigenvalue weighted by molar-refractivity contribution is 5.95.